The normalized spacial score (nSPS) is 11.4. The lowest BCUT2D eigenvalue weighted by molar-refractivity contribution is 0.264. The molecule has 0 fully saturated rings. The van der Waals surface area contributed by atoms with Crippen molar-refractivity contribution in [1.29, 1.82) is 0 Å². The highest BCUT2D eigenvalue weighted by atomic mass is 16.5. The Labute approximate surface area is 537 Å². The van der Waals surface area contributed by atoms with Crippen LogP contribution in [0.2, 0.25) is 0 Å². The van der Waals surface area contributed by atoms with Gasteiger partial charge in [0.15, 0.2) is 34.5 Å². The molecule has 12 bridgehead atoms. The molecule has 90 heavy (non-hydrogen) atoms. The van der Waals surface area contributed by atoms with E-state index in [9.17, 15) is 0 Å². The fraction of sp³-hybridized carbons (Fsp3) is 0.429. The molecule has 0 aliphatic rings. The lowest BCUT2D eigenvalue weighted by Gasteiger charge is -2.19. The van der Waals surface area contributed by atoms with Crippen molar-refractivity contribution in [3.8, 4) is 34.5 Å². The molecule has 0 atom stereocenters. The second-order valence-corrected chi connectivity index (χ2v) is 24.7. The van der Waals surface area contributed by atoms with Gasteiger partial charge >= 0.3 is 0 Å². The summed E-state index contributed by atoms with van der Waals surface area (Å²) < 4.78 is 41.4. The van der Waals surface area contributed by atoms with Crippen LogP contribution in [-0.4, -0.2) is 39.6 Å². The highest BCUT2D eigenvalue weighted by molar-refractivity contribution is 6.18. The second-order valence-electron chi connectivity index (χ2n) is 24.7. The van der Waals surface area contributed by atoms with Gasteiger partial charge in [0, 0.05) is 64.6 Å². The van der Waals surface area contributed by atoms with Gasteiger partial charge in [0.2, 0.25) is 0 Å². The molecule has 10 rings (SSSR count). The van der Waals surface area contributed by atoms with Crippen molar-refractivity contribution in [2.45, 2.75) is 196 Å². The van der Waals surface area contributed by atoms with Crippen LogP contribution in [0.4, 0.5) is 0 Å². The van der Waals surface area contributed by atoms with Crippen LogP contribution >= 0.6 is 0 Å². The Kier molecular flexibility index (Phi) is 24.4. The van der Waals surface area contributed by atoms with Gasteiger partial charge in [-0.1, -0.05) is 194 Å². The maximum Gasteiger partial charge on any atom is 0.169 e. The van der Waals surface area contributed by atoms with E-state index in [1.807, 2.05) is 0 Å². The molecule has 6 heteroatoms. The van der Waals surface area contributed by atoms with Gasteiger partial charge < -0.3 is 28.4 Å². The summed E-state index contributed by atoms with van der Waals surface area (Å²) in [5.41, 5.74) is 0. The maximum atomic E-state index is 6.90. The van der Waals surface area contributed by atoms with E-state index in [0.29, 0.717) is 39.6 Å². The molecule has 0 aliphatic heterocycles. The zero-order valence-electron chi connectivity index (χ0n) is 55.1. The SMILES string of the molecule is CCCCCCOc1c(OCCCCCC)c2ccc3c#cc4ccc5c(OCCCCCC)c(OCCCCCC)c6ccc(c#cc7ccc8c(OCCCCCC)c(OCCCCCC)c9ccc(c#cc%10ccc1c(c%10)c2c3)cc9c8c7)cc6c5c4. The minimum atomic E-state index is 0.614. The van der Waals surface area contributed by atoms with Crippen LogP contribution in [0.15, 0.2) is 109 Å². The van der Waals surface area contributed by atoms with E-state index >= 15 is 0 Å². The summed E-state index contributed by atoms with van der Waals surface area (Å²) >= 11 is 0. The van der Waals surface area contributed by atoms with E-state index < -0.39 is 0 Å². The lowest BCUT2D eigenvalue weighted by Crippen LogP contribution is -2.04. The molecule has 0 spiro atoms. The van der Waals surface area contributed by atoms with Crippen LogP contribution < -0.4 is 28.4 Å². The largest absolute Gasteiger partial charge is 0.489 e. The van der Waals surface area contributed by atoms with E-state index in [-0.39, 0.29) is 0 Å². The molecule has 0 N–H and O–H groups in total. The van der Waals surface area contributed by atoms with Gasteiger partial charge in [-0.3, -0.25) is 0 Å². The Bertz CT molecular complexity index is 3400. The van der Waals surface area contributed by atoms with Gasteiger partial charge in [-0.05, 0) is 180 Å². The Morgan fingerprint density at radius 3 is 0.489 bits per heavy atom. The smallest absolute Gasteiger partial charge is 0.169 e. The molecule has 0 unspecified atom stereocenters. The van der Waals surface area contributed by atoms with Crippen molar-refractivity contribution in [2.24, 2.45) is 0 Å². The van der Waals surface area contributed by atoms with Crippen LogP contribution in [0.1, 0.15) is 196 Å². The van der Waals surface area contributed by atoms with Crippen molar-refractivity contribution >= 4 is 97.0 Å². The van der Waals surface area contributed by atoms with E-state index in [4.69, 9.17) is 28.4 Å². The molecule has 468 valence electrons. The quantitative estimate of drug-likeness (QED) is 0.0288. The Hall–Kier alpha value is -7.98. The van der Waals surface area contributed by atoms with Crippen LogP contribution in [0.25, 0.3) is 97.0 Å². The third-order valence-electron chi connectivity index (χ3n) is 17.6. The average molecular weight is 1200 g/mol. The van der Waals surface area contributed by atoms with Crippen molar-refractivity contribution in [3.05, 3.63) is 146 Å². The Morgan fingerprint density at radius 1 is 0.189 bits per heavy atom. The van der Waals surface area contributed by atoms with Crippen molar-refractivity contribution < 1.29 is 28.4 Å². The molecule has 10 aromatic rings. The summed E-state index contributed by atoms with van der Waals surface area (Å²) in [5.74, 6) is 4.81. The first-order valence-corrected chi connectivity index (χ1v) is 34.9. The van der Waals surface area contributed by atoms with Crippen molar-refractivity contribution in [2.75, 3.05) is 39.6 Å². The van der Waals surface area contributed by atoms with Crippen molar-refractivity contribution in [3.63, 3.8) is 0 Å². The molecule has 6 nitrogen and oxygen atoms in total. The first-order chi connectivity index (χ1) is 44.4. The predicted molar refractivity (Wildman–Crippen MR) is 381 cm³/mol. The molecule has 0 amide bonds. The molecular formula is C84H96O6. The number of unbranched alkanes of at least 4 members (excludes halogenated alkanes) is 18. The van der Waals surface area contributed by atoms with Crippen molar-refractivity contribution in [1.82, 2.24) is 0 Å². The topological polar surface area (TPSA) is 55.4 Å². The Balaban J connectivity index is 1.25. The van der Waals surface area contributed by atoms with E-state index in [0.717, 1.165) is 208 Å². The summed E-state index contributed by atoms with van der Waals surface area (Å²) in [4.78, 5) is 0. The zero-order chi connectivity index (χ0) is 62.3. The number of ether oxygens (including phenoxy) is 6. The van der Waals surface area contributed by atoms with Gasteiger partial charge in [-0.15, -0.1) is 0 Å². The molecule has 0 aromatic heterocycles. The van der Waals surface area contributed by atoms with E-state index in [1.54, 1.807) is 0 Å². The zero-order valence-corrected chi connectivity index (χ0v) is 55.1. The molecule has 0 aliphatic carbocycles. The molecule has 10 aromatic carbocycles. The molecule has 0 radical (unpaired) electrons. The minimum absolute atomic E-state index is 0.614. The monoisotopic (exact) mass is 1200 g/mol. The van der Waals surface area contributed by atoms with E-state index in [2.05, 4.69) is 187 Å². The molecule has 0 heterocycles. The highest BCUT2D eigenvalue weighted by Crippen LogP contribution is 2.48. The lowest BCUT2D eigenvalue weighted by atomic mass is 9.97. The van der Waals surface area contributed by atoms with Gasteiger partial charge in [0.1, 0.15) is 0 Å². The fourth-order valence-corrected chi connectivity index (χ4v) is 12.5. The fourth-order valence-electron chi connectivity index (χ4n) is 12.5. The summed E-state index contributed by atoms with van der Waals surface area (Å²) in [5, 5.41) is 17.8. The third kappa shape index (κ3) is 16.3. The summed E-state index contributed by atoms with van der Waals surface area (Å²) in [6.07, 6.45) is 26.7. The first-order valence-electron chi connectivity index (χ1n) is 34.9. The van der Waals surface area contributed by atoms with Crippen LogP contribution in [0.3, 0.4) is 0 Å². The maximum absolute atomic E-state index is 6.90. The number of hydrogen-bond donors (Lipinski definition) is 0. The summed E-state index contributed by atoms with van der Waals surface area (Å²) in [7, 11) is 0. The predicted octanol–water partition coefficient (Wildman–Crippen LogP) is 24.3. The average Bonchev–Trinajstić information content (AvgIpc) is 0.785. The first kappa shape index (κ1) is 65.0. The minimum Gasteiger partial charge on any atom is -0.489 e. The van der Waals surface area contributed by atoms with Crippen LogP contribution in [0, 0.1) is 36.4 Å². The number of rotatable bonds is 36. The van der Waals surface area contributed by atoms with Gasteiger partial charge in [-0.2, -0.15) is 0 Å². The van der Waals surface area contributed by atoms with Crippen LogP contribution in [-0.2, 0) is 0 Å². The number of hydrogen-bond acceptors (Lipinski definition) is 6. The van der Waals surface area contributed by atoms with Gasteiger partial charge in [0.05, 0.1) is 39.6 Å². The van der Waals surface area contributed by atoms with Gasteiger partial charge in [0.25, 0.3) is 0 Å². The summed E-state index contributed by atoms with van der Waals surface area (Å²) in [6, 6.07) is 61.2. The molecule has 0 saturated carbocycles. The van der Waals surface area contributed by atoms with E-state index in [1.165, 1.54) is 77.0 Å². The Morgan fingerprint density at radius 2 is 0.344 bits per heavy atom. The van der Waals surface area contributed by atoms with Crippen LogP contribution in [0.5, 0.6) is 34.5 Å². The highest BCUT2D eigenvalue weighted by Gasteiger charge is 2.22. The third-order valence-corrected chi connectivity index (χ3v) is 17.6. The van der Waals surface area contributed by atoms with Gasteiger partial charge in [-0.25, -0.2) is 0 Å². The molecular weight excluding hydrogens is 1100 g/mol. The number of fused-ring (bicyclic) bond motifs is 6. The molecule has 0 saturated heterocycles. The summed E-state index contributed by atoms with van der Waals surface area (Å²) in [6.45, 7) is 17.2. The second kappa shape index (κ2) is 33.7. The number of benzene rings is 9. The standard InChI is InChI=1S/C84H96O6/c1-7-13-19-25-49-85-79-67-43-37-61-31-32-63-39-45-69-75(57-63)77-59-65(41-47-71(77)83(89-53-29-23-17-11-5)81(69)87-51-27-21-15-9-3)35-36-66-42-48-72-78(60-66)76-58-64(40-46-70(76)82(88-52-28-22-16-10-4)84(72)90-54-30-24-18-12-6)34-33-62-38-44-68(74(56-62)73(67)55-61)80(79)86-50-26-20-14-8-2/h37-48,55-60H,7-30,49-54H2,1-6H3.